The number of unbranched alkanes of at least 4 members (excludes halogenated alkanes) is 1. The Labute approximate surface area is 133 Å². The highest BCUT2D eigenvalue weighted by atomic mass is 32.2. The molecule has 22 heavy (non-hydrogen) atoms. The highest BCUT2D eigenvalue weighted by molar-refractivity contribution is 7.91. The van der Waals surface area contributed by atoms with Gasteiger partial charge in [-0.15, -0.1) is 0 Å². The molecule has 0 saturated heterocycles. The molecule has 0 aliphatic carbocycles. The lowest BCUT2D eigenvalue weighted by atomic mass is 9.87. The van der Waals surface area contributed by atoms with Gasteiger partial charge in [0.2, 0.25) is 9.84 Å². The molecule has 0 aromatic heterocycles. The molecule has 1 aliphatic heterocycles. The van der Waals surface area contributed by atoms with Crippen LogP contribution in [0.5, 0.6) is 0 Å². The van der Waals surface area contributed by atoms with Crippen molar-refractivity contribution >= 4 is 9.84 Å². The molecule has 2 aromatic carbocycles. The van der Waals surface area contributed by atoms with Crippen molar-refractivity contribution in [3.05, 3.63) is 59.2 Å². The van der Waals surface area contributed by atoms with Gasteiger partial charge in [0.25, 0.3) is 0 Å². The Morgan fingerprint density at radius 3 is 2.64 bits per heavy atom. The molecule has 0 fully saturated rings. The van der Waals surface area contributed by atoms with E-state index in [1.807, 2.05) is 31.2 Å². The van der Waals surface area contributed by atoms with Gasteiger partial charge in [-0.3, -0.25) is 0 Å². The zero-order chi connectivity index (χ0) is 15.7. The van der Waals surface area contributed by atoms with E-state index in [1.165, 1.54) is 0 Å². The first-order valence-electron chi connectivity index (χ1n) is 7.97. The maximum atomic E-state index is 13.0. The molecule has 0 radical (unpaired) electrons. The highest BCUT2D eigenvalue weighted by Gasteiger charge is 2.31. The maximum absolute atomic E-state index is 13.0. The first-order valence-corrected chi connectivity index (χ1v) is 9.46. The molecule has 3 heteroatoms. The van der Waals surface area contributed by atoms with Gasteiger partial charge in [0.15, 0.2) is 0 Å². The monoisotopic (exact) mass is 314 g/mol. The van der Waals surface area contributed by atoms with Crippen LogP contribution in [0.4, 0.5) is 0 Å². The van der Waals surface area contributed by atoms with Crippen molar-refractivity contribution in [3.63, 3.8) is 0 Å². The summed E-state index contributed by atoms with van der Waals surface area (Å²) in [4.78, 5) is 0.989. The molecule has 1 unspecified atom stereocenters. The predicted octanol–water partition coefficient (Wildman–Crippen LogP) is 4.66. The van der Waals surface area contributed by atoms with Gasteiger partial charge in [-0.25, -0.2) is 8.42 Å². The van der Waals surface area contributed by atoms with E-state index in [4.69, 9.17) is 0 Å². The number of fused-ring (bicyclic) bond motifs is 2. The van der Waals surface area contributed by atoms with Crippen molar-refractivity contribution < 1.29 is 8.42 Å². The number of hydrogen-bond acceptors (Lipinski definition) is 2. The summed E-state index contributed by atoms with van der Waals surface area (Å²) in [7, 11) is -3.41. The van der Waals surface area contributed by atoms with Crippen LogP contribution in [-0.4, -0.2) is 8.42 Å². The topological polar surface area (TPSA) is 34.1 Å². The standard InChI is InChI=1S/C19H22O2S/c1-3-4-7-15-13-16-8-5-6-9-18(16)22(20,21)19-11-10-14(2)12-17(15)19/h5-6,8-12,15H,3-4,7,13H2,1-2H3. The number of hydrogen-bond donors (Lipinski definition) is 0. The third-order valence-electron chi connectivity index (χ3n) is 4.53. The minimum Gasteiger partial charge on any atom is -0.218 e. The molecule has 1 aliphatic rings. The molecule has 116 valence electrons. The van der Waals surface area contributed by atoms with E-state index in [0.29, 0.717) is 9.79 Å². The zero-order valence-electron chi connectivity index (χ0n) is 13.2. The van der Waals surface area contributed by atoms with Crippen LogP contribution in [-0.2, 0) is 16.3 Å². The zero-order valence-corrected chi connectivity index (χ0v) is 14.0. The first-order chi connectivity index (χ1) is 10.5. The van der Waals surface area contributed by atoms with E-state index in [0.717, 1.165) is 42.4 Å². The van der Waals surface area contributed by atoms with E-state index < -0.39 is 9.84 Å². The Balaban J connectivity index is 2.24. The van der Waals surface area contributed by atoms with Gasteiger partial charge in [0, 0.05) is 0 Å². The summed E-state index contributed by atoms with van der Waals surface area (Å²) < 4.78 is 26.1. The van der Waals surface area contributed by atoms with Gasteiger partial charge >= 0.3 is 0 Å². The minimum absolute atomic E-state index is 0.285. The second kappa shape index (κ2) is 5.88. The molecule has 0 N–H and O–H groups in total. The van der Waals surface area contributed by atoms with Gasteiger partial charge in [-0.2, -0.15) is 0 Å². The van der Waals surface area contributed by atoms with Gasteiger partial charge in [-0.05, 0) is 48.9 Å². The van der Waals surface area contributed by atoms with Gasteiger partial charge < -0.3 is 0 Å². The van der Waals surface area contributed by atoms with Crippen LogP contribution in [0, 0.1) is 6.92 Å². The average Bonchev–Trinajstić information content (AvgIpc) is 2.59. The third kappa shape index (κ3) is 2.58. The Hall–Kier alpha value is -1.61. The highest BCUT2D eigenvalue weighted by Crippen LogP contribution is 2.39. The molecule has 0 amide bonds. The molecule has 1 heterocycles. The second-order valence-corrected chi connectivity index (χ2v) is 8.08. The fourth-order valence-electron chi connectivity index (χ4n) is 3.37. The van der Waals surface area contributed by atoms with Crippen LogP contribution >= 0.6 is 0 Å². The van der Waals surface area contributed by atoms with Crippen molar-refractivity contribution in [2.75, 3.05) is 0 Å². The summed E-state index contributed by atoms with van der Waals surface area (Å²) in [6.45, 7) is 4.21. The molecular weight excluding hydrogens is 292 g/mol. The van der Waals surface area contributed by atoms with Gasteiger partial charge in [0.1, 0.15) is 0 Å². The summed E-state index contributed by atoms with van der Waals surface area (Å²) in [6, 6.07) is 13.2. The van der Waals surface area contributed by atoms with Crippen LogP contribution in [0.1, 0.15) is 48.8 Å². The second-order valence-electron chi connectivity index (χ2n) is 6.20. The van der Waals surface area contributed by atoms with Crippen LogP contribution < -0.4 is 0 Å². The normalized spacial score (nSPS) is 19.1. The molecule has 0 spiro atoms. The van der Waals surface area contributed by atoms with Gasteiger partial charge in [0.05, 0.1) is 9.79 Å². The Morgan fingerprint density at radius 1 is 1.09 bits per heavy atom. The Kier molecular flexibility index (Phi) is 4.09. The van der Waals surface area contributed by atoms with Crippen molar-refractivity contribution in [1.82, 2.24) is 0 Å². The van der Waals surface area contributed by atoms with Crippen LogP contribution in [0.3, 0.4) is 0 Å². The van der Waals surface area contributed by atoms with Crippen LogP contribution in [0.2, 0.25) is 0 Å². The number of benzene rings is 2. The van der Waals surface area contributed by atoms with Crippen molar-refractivity contribution in [3.8, 4) is 0 Å². The quantitative estimate of drug-likeness (QED) is 0.826. The number of sulfone groups is 1. The Bertz CT molecular complexity index is 791. The third-order valence-corrected chi connectivity index (χ3v) is 6.46. The molecule has 0 saturated carbocycles. The summed E-state index contributed by atoms with van der Waals surface area (Å²) >= 11 is 0. The maximum Gasteiger partial charge on any atom is 0.207 e. The Morgan fingerprint density at radius 2 is 1.86 bits per heavy atom. The lowest BCUT2D eigenvalue weighted by molar-refractivity contribution is 0.572. The van der Waals surface area contributed by atoms with E-state index in [9.17, 15) is 8.42 Å². The molecule has 3 rings (SSSR count). The summed E-state index contributed by atoms with van der Waals surface area (Å²) in [6.07, 6.45) is 4.11. The number of aryl methyl sites for hydroxylation is 1. The van der Waals surface area contributed by atoms with Crippen LogP contribution in [0.15, 0.2) is 52.3 Å². The van der Waals surface area contributed by atoms with Crippen molar-refractivity contribution in [1.29, 1.82) is 0 Å². The lowest BCUT2D eigenvalue weighted by Crippen LogP contribution is -2.06. The lowest BCUT2D eigenvalue weighted by Gasteiger charge is -2.17. The summed E-state index contributed by atoms with van der Waals surface area (Å²) in [5.41, 5.74) is 3.09. The van der Waals surface area contributed by atoms with E-state index in [2.05, 4.69) is 13.0 Å². The largest absolute Gasteiger partial charge is 0.218 e. The van der Waals surface area contributed by atoms with Crippen molar-refractivity contribution in [2.24, 2.45) is 0 Å². The minimum atomic E-state index is -3.41. The molecular formula is C19H22O2S. The predicted molar refractivity (Wildman–Crippen MR) is 89.0 cm³/mol. The first kappa shape index (κ1) is 15.3. The molecule has 2 aromatic rings. The molecule has 2 nitrogen and oxygen atoms in total. The smallest absolute Gasteiger partial charge is 0.207 e. The summed E-state index contributed by atoms with van der Waals surface area (Å²) in [5.74, 6) is 0.285. The molecule has 1 atom stereocenters. The van der Waals surface area contributed by atoms with Crippen LogP contribution in [0.25, 0.3) is 0 Å². The fourth-order valence-corrected chi connectivity index (χ4v) is 5.14. The van der Waals surface area contributed by atoms with E-state index in [1.54, 1.807) is 12.1 Å². The fraction of sp³-hybridized carbons (Fsp3) is 0.368. The average molecular weight is 314 g/mol. The SMILES string of the molecule is CCCCC1Cc2ccccc2S(=O)(=O)c2ccc(C)cc21. The van der Waals surface area contributed by atoms with E-state index in [-0.39, 0.29) is 5.92 Å². The molecule has 0 bridgehead atoms. The summed E-state index contributed by atoms with van der Waals surface area (Å²) in [5, 5.41) is 0. The van der Waals surface area contributed by atoms with Gasteiger partial charge in [-0.1, -0.05) is 55.7 Å². The van der Waals surface area contributed by atoms with E-state index >= 15 is 0 Å². The van der Waals surface area contributed by atoms with Crippen molar-refractivity contribution in [2.45, 2.75) is 55.2 Å². The number of rotatable bonds is 3.